The van der Waals surface area contributed by atoms with Gasteiger partial charge in [-0.05, 0) is 43.2 Å². The Morgan fingerprint density at radius 1 is 1.04 bits per heavy atom. The Hall–Kier alpha value is -2.36. The van der Waals surface area contributed by atoms with Gasteiger partial charge in [0.25, 0.3) is 5.69 Å². The van der Waals surface area contributed by atoms with Crippen molar-refractivity contribution in [3.8, 4) is 0 Å². The maximum absolute atomic E-state index is 11.0. The molecule has 0 aromatic heterocycles. The molecule has 0 fully saturated rings. The second kappa shape index (κ2) is 7.95. The summed E-state index contributed by atoms with van der Waals surface area (Å²) >= 11 is 0. The summed E-state index contributed by atoms with van der Waals surface area (Å²) in [4.78, 5) is 13.0. The van der Waals surface area contributed by atoms with Crippen LogP contribution in [0.3, 0.4) is 0 Å². The molecule has 0 atom stereocenters. The first-order valence-electron chi connectivity index (χ1n) is 8.80. The largest absolute Gasteiger partial charge is 0.371 e. The summed E-state index contributed by atoms with van der Waals surface area (Å²) < 4.78 is 0. The standard InChI is InChI=1S/C20H24N2O2/c23-22(24)19-13-12-18-11-7-15-21(20(18)16-19)14-6-2-5-10-17-8-3-1-4-9-17/h1,3-4,8-9,12-13,16H,2,5-7,10-11,14-15H2. The number of non-ortho nitro benzene ring substituents is 1. The average molecular weight is 324 g/mol. The van der Waals surface area contributed by atoms with Crippen LogP contribution >= 0.6 is 0 Å². The van der Waals surface area contributed by atoms with E-state index in [0.29, 0.717) is 0 Å². The lowest BCUT2D eigenvalue weighted by molar-refractivity contribution is -0.384. The Morgan fingerprint density at radius 3 is 2.67 bits per heavy atom. The maximum atomic E-state index is 11.0. The van der Waals surface area contributed by atoms with Crippen LogP contribution in [0.2, 0.25) is 0 Å². The van der Waals surface area contributed by atoms with E-state index in [-0.39, 0.29) is 10.6 Å². The van der Waals surface area contributed by atoms with Gasteiger partial charge in [0.05, 0.1) is 4.92 Å². The zero-order chi connectivity index (χ0) is 16.8. The van der Waals surface area contributed by atoms with Crippen LogP contribution in [0.15, 0.2) is 48.5 Å². The molecule has 0 unspecified atom stereocenters. The van der Waals surface area contributed by atoms with Gasteiger partial charge in [-0.25, -0.2) is 0 Å². The van der Waals surface area contributed by atoms with Gasteiger partial charge in [0, 0.05) is 30.9 Å². The molecule has 1 aliphatic heterocycles. The molecule has 0 radical (unpaired) electrons. The van der Waals surface area contributed by atoms with E-state index in [1.165, 1.54) is 24.0 Å². The molecule has 1 aliphatic rings. The molecule has 3 rings (SSSR count). The number of nitrogens with zero attached hydrogens (tertiary/aromatic N) is 2. The third-order valence-corrected chi connectivity index (χ3v) is 4.73. The van der Waals surface area contributed by atoms with E-state index in [2.05, 4.69) is 35.2 Å². The van der Waals surface area contributed by atoms with Crippen molar-refractivity contribution in [3.63, 3.8) is 0 Å². The topological polar surface area (TPSA) is 46.4 Å². The first-order valence-corrected chi connectivity index (χ1v) is 8.80. The molecule has 0 spiro atoms. The fourth-order valence-electron chi connectivity index (χ4n) is 3.44. The number of aryl methyl sites for hydroxylation is 2. The fraction of sp³-hybridized carbons (Fsp3) is 0.400. The number of rotatable bonds is 7. The lowest BCUT2D eigenvalue weighted by Gasteiger charge is -2.31. The highest BCUT2D eigenvalue weighted by molar-refractivity contribution is 5.60. The minimum absolute atomic E-state index is 0.199. The van der Waals surface area contributed by atoms with Crippen LogP contribution in [0.25, 0.3) is 0 Å². The van der Waals surface area contributed by atoms with Gasteiger partial charge in [-0.2, -0.15) is 0 Å². The zero-order valence-corrected chi connectivity index (χ0v) is 14.0. The van der Waals surface area contributed by atoms with Gasteiger partial charge in [0.2, 0.25) is 0 Å². The third-order valence-electron chi connectivity index (χ3n) is 4.73. The quantitative estimate of drug-likeness (QED) is 0.419. The number of nitro benzene ring substituents is 1. The lowest BCUT2D eigenvalue weighted by Crippen LogP contribution is -2.30. The molecule has 0 aliphatic carbocycles. The van der Waals surface area contributed by atoms with Crippen molar-refractivity contribution in [1.29, 1.82) is 0 Å². The number of unbranched alkanes of at least 4 members (excludes halogenated alkanes) is 2. The summed E-state index contributed by atoms with van der Waals surface area (Å²) in [6.45, 7) is 2.00. The number of benzene rings is 2. The molecule has 0 N–H and O–H groups in total. The van der Waals surface area contributed by atoms with Crippen LogP contribution in [0.5, 0.6) is 0 Å². The summed E-state index contributed by atoms with van der Waals surface area (Å²) in [5.41, 5.74) is 3.91. The van der Waals surface area contributed by atoms with Gasteiger partial charge in [0.15, 0.2) is 0 Å². The summed E-state index contributed by atoms with van der Waals surface area (Å²) in [7, 11) is 0. The minimum atomic E-state index is -0.299. The molecule has 0 saturated carbocycles. The Labute approximate surface area is 143 Å². The Balaban J connectivity index is 1.51. The summed E-state index contributed by atoms with van der Waals surface area (Å²) in [6, 6.07) is 15.9. The van der Waals surface area contributed by atoms with E-state index in [1.54, 1.807) is 12.1 Å². The number of hydrogen-bond donors (Lipinski definition) is 0. The Morgan fingerprint density at radius 2 is 1.88 bits per heavy atom. The number of fused-ring (bicyclic) bond motifs is 1. The van der Waals surface area contributed by atoms with Gasteiger partial charge in [-0.3, -0.25) is 10.1 Å². The smallest absolute Gasteiger partial charge is 0.271 e. The first-order chi connectivity index (χ1) is 11.7. The van der Waals surface area contributed by atoms with Gasteiger partial charge < -0.3 is 4.90 Å². The van der Waals surface area contributed by atoms with E-state index in [4.69, 9.17) is 0 Å². The number of nitro groups is 1. The van der Waals surface area contributed by atoms with E-state index < -0.39 is 0 Å². The molecular formula is C20H24N2O2. The first kappa shape index (κ1) is 16.5. The van der Waals surface area contributed by atoms with Crippen molar-refractivity contribution in [2.75, 3.05) is 18.0 Å². The maximum Gasteiger partial charge on any atom is 0.271 e. The monoisotopic (exact) mass is 324 g/mol. The second-order valence-electron chi connectivity index (χ2n) is 6.46. The molecule has 2 aromatic carbocycles. The number of hydrogen-bond acceptors (Lipinski definition) is 3. The van der Waals surface area contributed by atoms with Gasteiger partial charge >= 0.3 is 0 Å². The second-order valence-corrected chi connectivity index (χ2v) is 6.46. The highest BCUT2D eigenvalue weighted by Crippen LogP contribution is 2.31. The molecule has 24 heavy (non-hydrogen) atoms. The van der Waals surface area contributed by atoms with Crippen LogP contribution in [-0.4, -0.2) is 18.0 Å². The van der Waals surface area contributed by atoms with E-state index in [0.717, 1.165) is 44.5 Å². The summed E-state index contributed by atoms with van der Waals surface area (Å²) in [6.07, 6.45) is 6.81. The van der Waals surface area contributed by atoms with Crippen LogP contribution < -0.4 is 4.90 Å². The van der Waals surface area contributed by atoms with Gasteiger partial charge in [-0.1, -0.05) is 42.8 Å². The van der Waals surface area contributed by atoms with Crippen molar-refractivity contribution in [2.45, 2.75) is 38.5 Å². The molecule has 0 saturated heterocycles. The molecule has 2 aromatic rings. The predicted octanol–water partition coefficient (Wildman–Crippen LogP) is 4.76. The average Bonchev–Trinajstić information content (AvgIpc) is 2.62. The van der Waals surface area contributed by atoms with Crippen molar-refractivity contribution < 1.29 is 4.92 Å². The van der Waals surface area contributed by atoms with E-state index >= 15 is 0 Å². The summed E-state index contributed by atoms with van der Waals surface area (Å²) in [5.74, 6) is 0. The summed E-state index contributed by atoms with van der Waals surface area (Å²) in [5, 5.41) is 11.0. The van der Waals surface area contributed by atoms with Gasteiger partial charge in [-0.15, -0.1) is 0 Å². The predicted molar refractivity (Wildman–Crippen MR) is 97.6 cm³/mol. The molecule has 4 heteroatoms. The molecule has 4 nitrogen and oxygen atoms in total. The van der Waals surface area contributed by atoms with Crippen molar-refractivity contribution in [3.05, 3.63) is 69.8 Å². The van der Waals surface area contributed by atoms with Gasteiger partial charge in [0.1, 0.15) is 0 Å². The molecule has 0 amide bonds. The van der Waals surface area contributed by atoms with Crippen molar-refractivity contribution in [1.82, 2.24) is 0 Å². The third kappa shape index (κ3) is 4.13. The number of anilines is 1. The Bertz CT molecular complexity index is 685. The fourth-order valence-corrected chi connectivity index (χ4v) is 3.44. The SMILES string of the molecule is O=[N+]([O-])c1ccc2c(c1)N(CCCCCc1ccccc1)CCC2. The minimum Gasteiger partial charge on any atom is -0.371 e. The van der Waals surface area contributed by atoms with Crippen LogP contribution in [-0.2, 0) is 12.8 Å². The van der Waals surface area contributed by atoms with E-state index in [1.807, 2.05) is 6.07 Å². The lowest BCUT2D eigenvalue weighted by atomic mass is 10.0. The molecular weight excluding hydrogens is 300 g/mol. The van der Waals surface area contributed by atoms with Crippen LogP contribution in [0.4, 0.5) is 11.4 Å². The highest BCUT2D eigenvalue weighted by Gasteiger charge is 2.19. The van der Waals surface area contributed by atoms with Crippen LogP contribution in [0, 0.1) is 10.1 Å². The molecule has 1 heterocycles. The normalized spacial score (nSPS) is 13.6. The van der Waals surface area contributed by atoms with Crippen molar-refractivity contribution in [2.24, 2.45) is 0 Å². The van der Waals surface area contributed by atoms with Crippen molar-refractivity contribution >= 4 is 11.4 Å². The Kier molecular flexibility index (Phi) is 5.47. The van der Waals surface area contributed by atoms with E-state index in [9.17, 15) is 10.1 Å². The zero-order valence-electron chi connectivity index (χ0n) is 14.0. The highest BCUT2D eigenvalue weighted by atomic mass is 16.6. The van der Waals surface area contributed by atoms with Crippen LogP contribution in [0.1, 0.15) is 36.8 Å². The molecule has 126 valence electrons. The molecule has 0 bridgehead atoms.